The summed E-state index contributed by atoms with van der Waals surface area (Å²) in [4.78, 5) is 14.3. The Morgan fingerprint density at radius 3 is 2.72 bits per heavy atom. The van der Waals surface area contributed by atoms with Crippen LogP contribution in [0, 0.1) is 17.8 Å². The van der Waals surface area contributed by atoms with E-state index in [-0.39, 0.29) is 23.0 Å². The topological polar surface area (TPSA) is 119 Å². The van der Waals surface area contributed by atoms with Gasteiger partial charge in [0.1, 0.15) is 5.75 Å². The summed E-state index contributed by atoms with van der Waals surface area (Å²) in [6.07, 6.45) is 8.64. The van der Waals surface area contributed by atoms with E-state index in [0.29, 0.717) is 24.9 Å². The van der Waals surface area contributed by atoms with Crippen LogP contribution in [0.4, 0.5) is 5.69 Å². The zero-order chi connectivity index (χ0) is 30.5. The van der Waals surface area contributed by atoms with Crippen LogP contribution in [0.15, 0.2) is 48.0 Å². The zero-order valence-corrected chi connectivity index (χ0v) is 26.4. The van der Waals surface area contributed by atoms with Gasteiger partial charge in [0.2, 0.25) is 10.0 Å². The molecule has 1 aliphatic heterocycles. The van der Waals surface area contributed by atoms with Gasteiger partial charge < -0.3 is 19.5 Å². The van der Waals surface area contributed by atoms with Crippen LogP contribution in [0.25, 0.3) is 0 Å². The number of nitrogens with zero attached hydrogens (tertiary/aromatic N) is 1. The highest BCUT2D eigenvalue weighted by atomic mass is 35.5. The quantitative estimate of drug-likeness (QED) is 0.349. The Hall–Kier alpha value is -2.59. The van der Waals surface area contributed by atoms with Gasteiger partial charge >= 0.3 is 5.97 Å². The fourth-order valence-corrected chi connectivity index (χ4v) is 8.56. The highest BCUT2D eigenvalue weighted by Crippen LogP contribution is 2.48. The first kappa shape index (κ1) is 30.4. The highest BCUT2D eigenvalue weighted by Gasteiger charge is 2.46. The van der Waals surface area contributed by atoms with Crippen LogP contribution in [-0.4, -0.2) is 57.7 Å². The van der Waals surface area contributed by atoms with Crippen LogP contribution in [0.2, 0.25) is 5.02 Å². The minimum absolute atomic E-state index is 0.0145. The average Bonchev–Trinajstić information content (AvgIpc) is 3.07. The van der Waals surface area contributed by atoms with Crippen molar-refractivity contribution in [2.45, 2.75) is 68.6 Å². The third-order valence-electron chi connectivity index (χ3n) is 10.4. The van der Waals surface area contributed by atoms with Gasteiger partial charge in [-0.2, -0.15) is 0 Å². The minimum Gasteiger partial charge on any atom is -0.490 e. The summed E-state index contributed by atoms with van der Waals surface area (Å²) in [5.41, 5.74) is 4.63. The van der Waals surface area contributed by atoms with Gasteiger partial charge in [-0.25, -0.2) is 18.4 Å². The van der Waals surface area contributed by atoms with Crippen LogP contribution < -0.4 is 14.8 Å². The molecule has 6 atom stereocenters. The van der Waals surface area contributed by atoms with Crippen molar-refractivity contribution in [2.75, 3.05) is 31.7 Å². The number of rotatable bonds is 9. The number of benzene rings is 2. The Labute approximate surface area is 259 Å². The number of hydrogen-bond acceptors (Lipinski definition) is 6. The Morgan fingerprint density at radius 1 is 1.26 bits per heavy atom. The molecule has 1 spiro atoms. The van der Waals surface area contributed by atoms with Crippen LogP contribution >= 0.6 is 11.6 Å². The van der Waals surface area contributed by atoms with Crippen molar-refractivity contribution in [3.05, 3.63) is 69.8 Å². The third-order valence-corrected chi connectivity index (χ3v) is 11.9. The van der Waals surface area contributed by atoms with Crippen LogP contribution in [0.5, 0.6) is 5.75 Å². The van der Waals surface area contributed by atoms with E-state index >= 15 is 0 Å². The average molecular weight is 629 g/mol. The number of carbonyl (C=O) groups is 1. The molecule has 6 rings (SSSR count). The number of primary sulfonamides is 1. The summed E-state index contributed by atoms with van der Waals surface area (Å²) in [5, 5.41) is 15.3. The molecule has 0 saturated heterocycles. The van der Waals surface area contributed by atoms with Crippen LogP contribution in [0.1, 0.15) is 66.9 Å². The molecule has 1 saturated carbocycles. The molecule has 0 aromatic heterocycles. The number of allylic oxidation sites excluding steroid dienone is 1. The number of sulfonamides is 1. The summed E-state index contributed by atoms with van der Waals surface area (Å²) in [6.45, 7) is 3.70. The van der Waals surface area contributed by atoms with E-state index in [9.17, 15) is 18.3 Å². The van der Waals surface area contributed by atoms with Crippen molar-refractivity contribution in [3.63, 3.8) is 0 Å². The van der Waals surface area contributed by atoms with Crippen molar-refractivity contribution < 1.29 is 27.8 Å². The normalized spacial score (nSPS) is 27.9. The number of hydrogen-bond donors (Lipinski definition) is 2. The van der Waals surface area contributed by atoms with E-state index in [0.717, 1.165) is 68.1 Å². The fraction of sp³-hybridized carbons (Fsp3) is 0.545. The number of nitrogens with two attached hydrogens (primary N) is 1. The molecule has 2 aromatic carbocycles. The molecule has 0 bridgehead atoms. The van der Waals surface area contributed by atoms with E-state index in [1.807, 2.05) is 6.07 Å². The predicted molar refractivity (Wildman–Crippen MR) is 168 cm³/mol. The molecule has 2 unspecified atom stereocenters. The maximum absolute atomic E-state index is 12.0. The van der Waals surface area contributed by atoms with E-state index in [1.54, 1.807) is 32.2 Å². The lowest BCUT2D eigenvalue weighted by Crippen LogP contribution is -2.50. The molecule has 232 valence electrons. The number of anilines is 1. The largest absolute Gasteiger partial charge is 0.490 e. The monoisotopic (exact) mass is 628 g/mol. The maximum Gasteiger partial charge on any atom is 0.335 e. The van der Waals surface area contributed by atoms with Crippen molar-refractivity contribution >= 4 is 33.3 Å². The van der Waals surface area contributed by atoms with Crippen LogP contribution in [0.3, 0.4) is 0 Å². The van der Waals surface area contributed by atoms with Gasteiger partial charge in [0.15, 0.2) is 0 Å². The second kappa shape index (κ2) is 11.7. The number of halogens is 1. The molecule has 3 N–H and O–H groups in total. The van der Waals surface area contributed by atoms with Crippen molar-refractivity contribution in [1.82, 2.24) is 0 Å². The molecule has 1 heterocycles. The number of aromatic carboxylic acids is 1. The Kier molecular flexibility index (Phi) is 8.30. The number of aryl methyl sites for hydroxylation is 1. The lowest BCUT2D eigenvalue weighted by molar-refractivity contribution is 0.000417. The number of fused-ring (bicyclic) bond motifs is 3. The van der Waals surface area contributed by atoms with Crippen molar-refractivity contribution in [1.29, 1.82) is 0 Å². The van der Waals surface area contributed by atoms with Gasteiger partial charge in [0.05, 0.1) is 29.2 Å². The smallest absolute Gasteiger partial charge is 0.335 e. The Balaban J connectivity index is 1.26. The lowest BCUT2D eigenvalue weighted by Gasteiger charge is -2.48. The van der Waals surface area contributed by atoms with Crippen molar-refractivity contribution in [3.8, 4) is 5.75 Å². The summed E-state index contributed by atoms with van der Waals surface area (Å²) >= 11 is 6.39. The predicted octanol–water partition coefficient (Wildman–Crippen LogP) is 5.57. The summed E-state index contributed by atoms with van der Waals surface area (Å²) in [5.74, 6) is 0.650. The molecule has 10 heteroatoms. The van der Waals surface area contributed by atoms with Gasteiger partial charge in [0, 0.05) is 30.6 Å². The number of ether oxygens (including phenoxy) is 2. The molecule has 0 radical (unpaired) electrons. The molecular weight excluding hydrogens is 588 g/mol. The van der Waals surface area contributed by atoms with E-state index in [2.05, 4.69) is 23.1 Å². The zero-order valence-electron chi connectivity index (χ0n) is 24.8. The number of methoxy groups -OCH3 is 1. The fourth-order valence-electron chi connectivity index (χ4n) is 7.85. The summed E-state index contributed by atoms with van der Waals surface area (Å²) in [6, 6.07) is 11.4. The third kappa shape index (κ3) is 5.93. The van der Waals surface area contributed by atoms with E-state index < -0.39 is 21.2 Å². The molecule has 0 amide bonds. The minimum atomic E-state index is -3.54. The van der Waals surface area contributed by atoms with Gasteiger partial charge in [-0.3, -0.25) is 0 Å². The maximum atomic E-state index is 12.0. The standard InChI is InChI=1S/C33H41ClN2O6S/c1-20(43(35,39)40)12-21-13-25(14-21)31(41-2)27-8-5-24(27)17-36-18-33(11-3-4-22-15-26(34)7-9-28(22)33)19-42-30-10-6-23(32(37)38)16-29(30)36/h6-7,9-10,13,15-16,20-21,24,27,31H,3-5,8,11-12,14,17-19H2,1-2H3,(H,37,38)(H2,35,39,40)/t20?,21?,24-,27+,31-,33-/m0/s1. The van der Waals surface area contributed by atoms with E-state index in [1.165, 1.54) is 16.7 Å². The summed E-state index contributed by atoms with van der Waals surface area (Å²) < 4.78 is 36.0. The SMILES string of the molecule is CO[C@@H](C1=CC(CC(C)S(N)(=O)=O)C1)[C@@H]1CC[C@H]1CN1C[C@@]2(CCCc3cc(Cl)ccc32)COc2ccc(C(=O)O)cc21. The first-order chi connectivity index (χ1) is 20.5. The molecule has 2 aromatic rings. The molecule has 1 fully saturated rings. The molecule has 4 aliphatic rings. The highest BCUT2D eigenvalue weighted by molar-refractivity contribution is 7.89. The Morgan fingerprint density at radius 2 is 2.05 bits per heavy atom. The van der Waals surface area contributed by atoms with Gasteiger partial charge in [-0.1, -0.05) is 23.7 Å². The molecule has 43 heavy (non-hydrogen) atoms. The molecule has 3 aliphatic carbocycles. The first-order valence-corrected chi connectivity index (χ1v) is 17.2. The second-order valence-electron chi connectivity index (χ2n) is 13.1. The molecule has 8 nitrogen and oxygen atoms in total. The number of carboxylic acid groups (broad SMARTS) is 1. The lowest BCUT2D eigenvalue weighted by atomic mass is 9.65. The molecular formula is C33H41ClN2O6S. The van der Waals surface area contributed by atoms with Gasteiger partial charge in [-0.15, -0.1) is 0 Å². The number of carboxylic acids is 1. The first-order valence-electron chi connectivity index (χ1n) is 15.3. The van der Waals surface area contributed by atoms with Gasteiger partial charge in [-0.05, 0) is 117 Å². The Bertz CT molecular complexity index is 1540. The van der Waals surface area contributed by atoms with Crippen molar-refractivity contribution in [2.24, 2.45) is 22.9 Å². The van der Waals surface area contributed by atoms with E-state index in [4.69, 9.17) is 26.2 Å². The van der Waals surface area contributed by atoms with Gasteiger partial charge in [0.25, 0.3) is 0 Å². The second-order valence-corrected chi connectivity index (χ2v) is 15.5. The van der Waals surface area contributed by atoms with Crippen LogP contribution in [-0.2, 0) is 26.6 Å². The summed E-state index contributed by atoms with van der Waals surface area (Å²) in [7, 11) is -1.78.